The number of hydrogen-bond acceptors (Lipinski definition) is 6. The number of carbonyl (C=O) groups is 1. The highest BCUT2D eigenvalue weighted by Gasteiger charge is 2.33. The number of nitrogens with zero attached hydrogens (tertiary/aromatic N) is 5. The summed E-state index contributed by atoms with van der Waals surface area (Å²) in [4.78, 5) is 37.0. The number of rotatable bonds is 4. The van der Waals surface area contributed by atoms with Gasteiger partial charge in [0.15, 0.2) is 5.69 Å². The first-order valence-corrected chi connectivity index (χ1v) is 8.60. The molecule has 0 saturated carbocycles. The molecule has 1 aliphatic rings. The third-order valence-electron chi connectivity index (χ3n) is 4.25. The van der Waals surface area contributed by atoms with Crippen LogP contribution in [0.25, 0.3) is 0 Å². The van der Waals surface area contributed by atoms with Gasteiger partial charge in [-0.05, 0) is 25.8 Å². The van der Waals surface area contributed by atoms with E-state index in [9.17, 15) is 22.8 Å². The largest absolute Gasteiger partial charge is 0.458 e. The third kappa shape index (κ3) is 4.84. The van der Waals surface area contributed by atoms with E-state index in [0.29, 0.717) is 25.1 Å². The van der Waals surface area contributed by atoms with Crippen molar-refractivity contribution >= 4 is 5.91 Å². The van der Waals surface area contributed by atoms with E-state index in [4.69, 9.17) is 4.74 Å². The van der Waals surface area contributed by atoms with E-state index in [1.54, 1.807) is 6.92 Å². The second-order valence-electron chi connectivity index (χ2n) is 6.44. The molecule has 0 bridgehead atoms. The van der Waals surface area contributed by atoms with Gasteiger partial charge in [0.1, 0.15) is 12.6 Å². The van der Waals surface area contributed by atoms with Gasteiger partial charge in [-0.25, -0.2) is 9.97 Å². The molecule has 3 heterocycles. The molecular weight excluding hydrogens is 379 g/mol. The molecule has 1 fully saturated rings. The van der Waals surface area contributed by atoms with Crippen LogP contribution in [0.15, 0.2) is 29.5 Å². The van der Waals surface area contributed by atoms with Gasteiger partial charge in [0.05, 0.1) is 12.9 Å². The van der Waals surface area contributed by atoms with E-state index in [0.717, 1.165) is 12.3 Å². The maximum Gasteiger partial charge on any atom is 0.433 e. The number of amides is 1. The molecule has 0 radical (unpaired) electrons. The van der Waals surface area contributed by atoms with E-state index in [2.05, 4.69) is 15.0 Å². The zero-order valence-electron chi connectivity index (χ0n) is 15.0. The van der Waals surface area contributed by atoms with Crippen LogP contribution >= 0.6 is 0 Å². The lowest BCUT2D eigenvalue weighted by atomic mass is 10.1. The van der Waals surface area contributed by atoms with Gasteiger partial charge in [-0.1, -0.05) is 0 Å². The Labute approximate surface area is 158 Å². The van der Waals surface area contributed by atoms with Crippen LogP contribution < -0.4 is 10.3 Å². The summed E-state index contributed by atoms with van der Waals surface area (Å²) in [6.45, 7) is 2.15. The maximum atomic E-state index is 12.7. The highest BCUT2D eigenvalue weighted by atomic mass is 19.4. The number of piperidine rings is 1. The predicted octanol–water partition coefficient (Wildman–Crippen LogP) is 1.43. The predicted molar refractivity (Wildman–Crippen MR) is 90.5 cm³/mol. The monoisotopic (exact) mass is 397 g/mol. The first-order valence-electron chi connectivity index (χ1n) is 8.60. The minimum Gasteiger partial charge on any atom is -0.458 e. The molecule has 1 atom stereocenters. The van der Waals surface area contributed by atoms with Crippen molar-refractivity contribution < 1.29 is 22.7 Å². The van der Waals surface area contributed by atoms with E-state index in [1.165, 1.54) is 21.9 Å². The number of likely N-dealkylation sites (tertiary alicyclic amines) is 1. The number of ether oxygens (including phenoxy) is 1. The molecule has 1 aliphatic heterocycles. The Bertz CT molecular complexity index is 915. The van der Waals surface area contributed by atoms with Crippen molar-refractivity contribution in [2.75, 3.05) is 13.1 Å². The summed E-state index contributed by atoms with van der Waals surface area (Å²) in [7, 11) is 0. The van der Waals surface area contributed by atoms with Crippen LogP contribution in [0.1, 0.15) is 24.2 Å². The van der Waals surface area contributed by atoms with Crippen LogP contribution in [0.5, 0.6) is 6.01 Å². The second kappa shape index (κ2) is 7.95. The summed E-state index contributed by atoms with van der Waals surface area (Å²) < 4.78 is 44.9. The Morgan fingerprint density at radius 3 is 2.86 bits per heavy atom. The molecule has 0 aromatic carbocycles. The summed E-state index contributed by atoms with van der Waals surface area (Å²) in [5, 5.41) is 0. The fourth-order valence-electron chi connectivity index (χ4n) is 2.85. The van der Waals surface area contributed by atoms with Crippen molar-refractivity contribution in [2.24, 2.45) is 0 Å². The number of aromatic nitrogens is 4. The summed E-state index contributed by atoms with van der Waals surface area (Å²) in [5.41, 5.74) is -0.864. The molecule has 28 heavy (non-hydrogen) atoms. The number of alkyl halides is 3. The molecule has 2 aromatic heterocycles. The SMILES string of the molecule is Cc1cc(=O)n(CC(=O)N2CCCC(Oc3nccc(C(F)(F)F)n3)C2)cn1. The van der Waals surface area contributed by atoms with Crippen LogP contribution in [0.4, 0.5) is 13.2 Å². The summed E-state index contributed by atoms with van der Waals surface area (Å²) in [6, 6.07) is 1.71. The molecular formula is C17H18F3N5O3. The third-order valence-corrected chi connectivity index (χ3v) is 4.25. The smallest absolute Gasteiger partial charge is 0.433 e. The average molecular weight is 397 g/mol. The van der Waals surface area contributed by atoms with Gasteiger partial charge in [-0.2, -0.15) is 18.2 Å². The van der Waals surface area contributed by atoms with E-state index < -0.39 is 18.0 Å². The molecule has 1 unspecified atom stereocenters. The molecule has 0 N–H and O–H groups in total. The standard InChI is InChI=1S/C17H18F3N5O3/c1-11-7-14(26)25(10-22-11)9-15(27)24-6-2-3-12(8-24)28-16-21-5-4-13(23-16)17(18,19)20/h4-5,7,10,12H,2-3,6,8-9H2,1H3. The van der Waals surface area contributed by atoms with Crippen molar-refractivity contribution in [1.29, 1.82) is 0 Å². The quantitative estimate of drug-likeness (QED) is 0.775. The fraction of sp³-hybridized carbons (Fsp3) is 0.471. The van der Waals surface area contributed by atoms with Crippen LogP contribution in [0.2, 0.25) is 0 Å². The molecule has 0 spiro atoms. The molecule has 0 aliphatic carbocycles. The van der Waals surface area contributed by atoms with E-state index in [-0.39, 0.29) is 30.6 Å². The van der Waals surface area contributed by atoms with Gasteiger partial charge in [-0.15, -0.1) is 0 Å². The first-order chi connectivity index (χ1) is 13.2. The van der Waals surface area contributed by atoms with Crippen molar-refractivity contribution in [3.05, 3.63) is 46.4 Å². The Hall–Kier alpha value is -2.98. The van der Waals surface area contributed by atoms with E-state index in [1.807, 2.05) is 0 Å². The van der Waals surface area contributed by atoms with Crippen LogP contribution in [0.3, 0.4) is 0 Å². The number of halogens is 3. The highest BCUT2D eigenvalue weighted by molar-refractivity contribution is 5.76. The number of aryl methyl sites for hydroxylation is 1. The number of carbonyl (C=O) groups excluding carboxylic acids is 1. The Balaban J connectivity index is 1.64. The fourth-order valence-corrected chi connectivity index (χ4v) is 2.85. The Morgan fingerprint density at radius 2 is 2.14 bits per heavy atom. The number of hydrogen-bond donors (Lipinski definition) is 0. The van der Waals surface area contributed by atoms with Gasteiger partial charge in [0.2, 0.25) is 5.91 Å². The molecule has 11 heteroatoms. The topological polar surface area (TPSA) is 90.2 Å². The minimum atomic E-state index is -4.59. The molecule has 2 aromatic rings. The zero-order valence-corrected chi connectivity index (χ0v) is 15.0. The normalized spacial score (nSPS) is 17.4. The molecule has 8 nitrogen and oxygen atoms in total. The molecule has 3 rings (SSSR count). The maximum absolute atomic E-state index is 12.7. The van der Waals surface area contributed by atoms with Gasteiger partial charge in [0, 0.05) is 24.5 Å². The summed E-state index contributed by atoms with van der Waals surface area (Å²) in [6.07, 6.45) is -1.68. The molecule has 150 valence electrons. The second-order valence-corrected chi connectivity index (χ2v) is 6.44. The first kappa shape index (κ1) is 19.8. The highest BCUT2D eigenvalue weighted by Crippen LogP contribution is 2.28. The summed E-state index contributed by atoms with van der Waals surface area (Å²) in [5.74, 6) is -0.300. The van der Waals surface area contributed by atoms with Gasteiger partial charge in [-0.3, -0.25) is 14.2 Å². The average Bonchev–Trinajstić information content (AvgIpc) is 2.64. The van der Waals surface area contributed by atoms with Gasteiger partial charge >= 0.3 is 12.2 Å². The summed E-state index contributed by atoms with van der Waals surface area (Å²) >= 11 is 0. The Morgan fingerprint density at radius 1 is 1.36 bits per heavy atom. The minimum absolute atomic E-state index is 0.168. The molecule has 1 saturated heterocycles. The van der Waals surface area contributed by atoms with Crippen molar-refractivity contribution in [3.63, 3.8) is 0 Å². The van der Waals surface area contributed by atoms with Crippen LogP contribution in [-0.2, 0) is 17.5 Å². The zero-order chi connectivity index (χ0) is 20.3. The van der Waals surface area contributed by atoms with Crippen molar-refractivity contribution in [3.8, 4) is 6.01 Å². The molecule has 1 amide bonds. The van der Waals surface area contributed by atoms with Crippen LogP contribution in [-0.4, -0.2) is 49.5 Å². The van der Waals surface area contributed by atoms with E-state index >= 15 is 0 Å². The lowest BCUT2D eigenvalue weighted by Gasteiger charge is -2.32. The Kier molecular flexibility index (Phi) is 5.61. The lowest BCUT2D eigenvalue weighted by Crippen LogP contribution is -2.46. The van der Waals surface area contributed by atoms with Gasteiger partial charge in [0.25, 0.3) is 5.56 Å². The van der Waals surface area contributed by atoms with Crippen LogP contribution in [0, 0.1) is 6.92 Å². The van der Waals surface area contributed by atoms with Gasteiger partial charge < -0.3 is 9.64 Å². The van der Waals surface area contributed by atoms with Crippen molar-refractivity contribution in [2.45, 2.75) is 38.6 Å². The van der Waals surface area contributed by atoms with Crippen molar-refractivity contribution in [1.82, 2.24) is 24.4 Å². The lowest BCUT2D eigenvalue weighted by molar-refractivity contribution is -0.141.